The van der Waals surface area contributed by atoms with Crippen molar-refractivity contribution in [3.05, 3.63) is 165 Å². The lowest BCUT2D eigenvalue weighted by Crippen LogP contribution is -2.26. The first kappa shape index (κ1) is 40.8. The van der Waals surface area contributed by atoms with Gasteiger partial charge in [-0.25, -0.2) is 9.79 Å². The van der Waals surface area contributed by atoms with E-state index in [1.54, 1.807) is 54.8 Å². The van der Waals surface area contributed by atoms with Crippen molar-refractivity contribution >= 4 is 34.0 Å². The maximum absolute atomic E-state index is 12.0. The summed E-state index contributed by atoms with van der Waals surface area (Å²) in [5, 5.41) is 17.7. The first-order valence-corrected chi connectivity index (χ1v) is 20.7. The zero-order valence-corrected chi connectivity index (χ0v) is 36.0. The summed E-state index contributed by atoms with van der Waals surface area (Å²) >= 11 is 0. The molecule has 5 heterocycles. The number of nitrogens with one attached hydrogen (secondary N) is 3. The van der Waals surface area contributed by atoms with E-state index < -0.39 is 5.97 Å². The topological polar surface area (TPSA) is 145 Å². The van der Waals surface area contributed by atoms with Gasteiger partial charge < -0.3 is 49.1 Å². The van der Waals surface area contributed by atoms with E-state index in [4.69, 9.17) is 33.4 Å². The number of aromatic carboxylic acids is 1. The lowest BCUT2D eigenvalue weighted by molar-refractivity contribution is 0.0697. The van der Waals surface area contributed by atoms with E-state index in [1.807, 2.05) is 66.7 Å². The monoisotopic (exact) mass is 844 g/mol. The molecule has 9 rings (SSSR count). The van der Waals surface area contributed by atoms with Gasteiger partial charge in [-0.1, -0.05) is 12.1 Å². The number of nitrogens with zero attached hydrogens (tertiary/aromatic N) is 1. The number of H-pyrrole nitrogens is 1. The van der Waals surface area contributed by atoms with Gasteiger partial charge in [-0.2, -0.15) is 0 Å². The lowest BCUT2D eigenvalue weighted by atomic mass is 9.93. The van der Waals surface area contributed by atoms with Crippen LogP contribution in [0.1, 0.15) is 69.7 Å². The molecule has 1 atom stereocenters. The molecule has 320 valence electrons. The third-order valence-electron chi connectivity index (χ3n) is 12.0. The molecule has 1 unspecified atom stereocenters. The normalized spacial score (nSPS) is 21.4. The molecule has 12 heteroatoms. The maximum Gasteiger partial charge on any atom is 0.335 e. The number of allylic oxidation sites excluding steroid dienone is 6. The van der Waals surface area contributed by atoms with Crippen LogP contribution >= 0.6 is 0 Å². The molecule has 63 heavy (non-hydrogen) atoms. The number of hydrogen-bond acceptors (Lipinski definition) is 10. The predicted molar refractivity (Wildman–Crippen MR) is 244 cm³/mol. The Morgan fingerprint density at radius 2 is 1.06 bits per heavy atom. The first-order chi connectivity index (χ1) is 30.7. The second kappa shape index (κ2) is 17.0. The minimum atomic E-state index is -0.988. The average Bonchev–Trinajstić information content (AvgIpc) is 4.17. The Morgan fingerprint density at radius 1 is 0.556 bits per heavy atom. The summed E-state index contributed by atoms with van der Waals surface area (Å²) < 4.78 is 34.7. The van der Waals surface area contributed by atoms with Gasteiger partial charge >= 0.3 is 5.97 Å². The molecule has 0 saturated carbocycles. The van der Waals surface area contributed by atoms with E-state index in [2.05, 4.69) is 39.9 Å². The standard InChI is InChI=1S/C51H48N4O8/c1-58-33-19-30(20-34(25-33)59-2)48-41-13-11-39(52-41)47(28-7-9-29(10-8-28)51(56)57)40-12-14-42(53-40)49(31-21-35(60-3)26-36(22-31)61-4)44-16-18-46(55-44)50(45-17-15-43(48)54-45)32-23-37(62-5)27-38(24-32)63-6/h7-11,13,15,17,19-27,44,53-55H,12,14,16,18H2,1-6H3,(H,56,57)/b47-40-,48-41-,49-42-,50-46-. The summed E-state index contributed by atoms with van der Waals surface area (Å²) in [6.45, 7) is 0. The Morgan fingerprint density at radius 3 is 1.60 bits per heavy atom. The number of ether oxygens (including phenoxy) is 6. The number of methoxy groups -OCH3 is 6. The van der Waals surface area contributed by atoms with Gasteiger partial charge in [-0.3, -0.25) is 0 Å². The molecule has 5 aromatic rings. The number of rotatable bonds is 11. The molecule has 2 saturated heterocycles. The van der Waals surface area contributed by atoms with E-state index >= 15 is 0 Å². The van der Waals surface area contributed by atoms with Gasteiger partial charge in [0.1, 0.15) is 34.5 Å². The Bertz CT molecular complexity index is 2770. The second-order valence-corrected chi connectivity index (χ2v) is 15.5. The van der Waals surface area contributed by atoms with Crippen molar-refractivity contribution in [2.24, 2.45) is 4.99 Å². The van der Waals surface area contributed by atoms with Crippen LogP contribution in [0.25, 0.3) is 22.3 Å². The van der Waals surface area contributed by atoms with Gasteiger partial charge in [0.05, 0.1) is 65.7 Å². The van der Waals surface area contributed by atoms with Crippen LogP contribution in [0, 0.1) is 0 Å². The summed E-state index contributed by atoms with van der Waals surface area (Å²) in [7, 11) is 9.91. The fourth-order valence-corrected chi connectivity index (χ4v) is 8.97. The smallest absolute Gasteiger partial charge is 0.335 e. The third kappa shape index (κ3) is 7.80. The molecular weight excluding hydrogens is 797 g/mol. The maximum atomic E-state index is 12.0. The fourth-order valence-electron chi connectivity index (χ4n) is 8.97. The van der Waals surface area contributed by atoms with Crippen LogP contribution in [0.5, 0.6) is 34.5 Å². The highest BCUT2D eigenvalue weighted by molar-refractivity contribution is 6.31. The molecule has 1 aromatic heterocycles. The summed E-state index contributed by atoms with van der Waals surface area (Å²) in [6, 6.07) is 28.8. The fraction of sp³-hybridized carbons (Fsp3) is 0.216. The molecule has 0 aliphatic carbocycles. The molecule has 2 fully saturated rings. The van der Waals surface area contributed by atoms with Crippen LogP contribution < -0.4 is 39.1 Å². The summed E-state index contributed by atoms with van der Waals surface area (Å²) in [5.41, 5.74) is 13.8. The number of hydrogen-bond donors (Lipinski definition) is 4. The van der Waals surface area contributed by atoms with Crippen molar-refractivity contribution in [1.82, 2.24) is 15.6 Å². The number of benzene rings is 4. The molecule has 0 radical (unpaired) electrons. The lowest BCUT2D eigenvalue weighted by Gasteiger charge is -2.22. The van der Waals surface area contributed by atoms with Crippen molar-refractivity contribution in [3.63, 3.8) is 0 Å². The van der Waals surface area contributed by atoms with Gasteiger partial charge in [0, 0.05) is 69.0 Å². The van der Waals surface area contributed by atoms with Crippen LogP contribution in [-0.2, 0) is 0 Å². The van der Waals surface area contributed by atoms with Gasteiger partial charge in [0.2, 0.25) is 0 Å². The molecule has 12 nitrogen and oxygen atoms in total. The highest BCUT2D eigenvalue weighted by Crippen LogP contribution is 2.44. The number of fused-ring (bicyclic) bond motifs is 7. The molecule has 4 aliphatic heterocycles. The van der Waals surface area contributed by atoms with Gasteiger partial charge in [-0.05, 0) is 121 Å². The summed E-state index contributed by atoms with van der Waals surface area (Å²) in [5.74, 6) is 2.99. The Labute approximate surface area is 365 Å². The van der Waals surface area contributed by atoms with E-state index in [9.17, 15) is 9.90 Å². The number of carboxylic acid groups (broad SMARTS) is 1. The van der Waals surface area contributed by atoms with Crippen LogP contribution in [-0.4, -0.2) is 70.5 Å². The van der Waals surface area contributed by atoms with Crippen LogP contribution in [0.15, 0.2) is 131 Å². The summed E-state index contributed by atoms with van der Waals surface area (Å²) in [4.78, 5) is 21.2. The van der Waals surface area contributed by atoms with Gasteiger partial charge in [-0.15, -0.1) is 0 Å². The van der Waals surface area contributed by atoms with Crippen molar-refractivity contribution in [2.45, 2.75) is 31.7 Å². The molecule has 4 aromatic carbocycles. The van der Waals surface area contributed by atoms with Crippen molar-refractivity contribution in [1.29, 1.82) is 0 Å². The largest absolute Gasteiger partial charge is 0.497 e. The molecule has 0 amide bonds. The van der Waals surface area contributed by atoms with Gasteiger partial charge in [0.25, 0.3) is 0 Å². The Kier molecular flexibility index (Phi) is 11.0. The van der Waals surface area contributed by atoms with E-state index in [0.717, 1.165) is 97.3 Å². The average molecular weight is 845 g/mol. The second-order valence-electron chi connectivity index (χ2n) is 15.5. The zero-order chi connectivity index (χ0) is 43.8. The van der Waals surface area contributed by atoms with Crippen LogP contribution in [0.4, 0.5) is 0 Å². The predicted octanol–water partition coefficient (Wildman–Crippen LogP) is 9.27. The molecular formula is C51H48N4O8. The number of aromatic amines is 1. The number of carboxylic acids is 1. The number of aromatic nitrogens is 1. The Balaban J connectivity index is 1.35. The minimum absolute atomic E-state index is 0.114. The van der Waals surface area contributed by atoms with Crippen LogP contribution in [0.3, 0.4) is 0 Å². The molecule has 8 bridgehead atoms. The van der Waals surface area contributed by atoms with E-state index in [-0.39, 0.29) is 11.6 Å². The zero-order valence-electron chi connectivity index (χ0n) is 36.0. The van der Waals surface area contributed by atoms with E-state index in [1.165, 1.54) is 0 Å². The van der Waals surface area contributed by atoms with E-state index in [0.29, 0.717) is 47.3 Å². The van der Waals surface area contributed by atoms with Crippen molar-refractivity contribution in [2.75, 3.05) is 42.7 Å². The SMILES string of the molecule is COc1cc(OC)cc(/C2=C3\C=CC(=N3)/C(c3ccc(C(=O)O)cc3)=C3/CC/C(=C(\c4cc(OC)cc(OC)c4)C4CC/C(=C(\c5cc(OC)cc(OC)c5)c5ccc2[nH]5)N4)N3)c1. The Hall–Kier alpha value is -7.60. The van der Waals surface area contributed by atoms with Crippen molar-refractivity contribution < 1.29 is 38.3 Å². The van der Waals surface area contributed by atoms with Gasteiger partial charge in [0.15, 0.2) is 0 Å². The molecule has 4 N–H and O–H groups in total. The molecule has 4 aliphatic rings. The third-order valence-corrected chi connectivity index (χ3v) is 12.0. The quantitative estimate of drug-likeness (QED) is 0.102. The highest BCUT2D eigenvalue weighted by Gasteiger charge is 2.33. The van der Waals surface area contributed by atoms with Crippen LogP contribution in [0.2, 0.25) is 0 Å². The first-order valence-electron chi connectivity index (χ1n) is 20.7. The molecule has 0 spiro atoms. The summed E-state index contributed by atoms with van der Waals surface area (Å²) in [6.07, 6.45) is 6.99. The van der Waals surface area contributed by atoms with Crippen molar-refractivity contribution in [3.8, 4) is 34.5 Å². The highest BCUT2D eigenvalue weighted by atomic mass is 16.5. The number of carbonyl (C=O) groups is 1. The minimum Gasteiger partial charge on any atom is -0.497 e. The number of aliphatic imine (C=N–C) groups is 1.